The van der Waals surface area contributed by atoms with Crippen molar-refractivity contribution < 1.29 is 22.7 Å². The van der Waals surface area contributed by atoms with Gasteiger partial charge in [-0.2, -0.15) is 0 Å². The van der Waals surface area contributed by atoms with Crippen molar-refractivity contribution in [1.29, 1.82) is 0 Å². The van der Waals surface area contributed by atoms with E-state index in [2.05, 4.69) is 5.32 Å². The first kappa shape index (κ1) is 31.4. The third kappa shape index (κ3) is 7.83. The summed E-state index contributed by atoms with van der Waals surface area (Å²) in [4.78, 5) is 29.0. The predicted octanol–water partition coefficient (Wildman–Crippen LogP) is 5.72. The van der Waals surface area contributed by atoms with Crippen LogP contribution in [0, 0.1) is 6.92 Å². The Morgan fingerprint density at radius 2 is 1.67 bits per heavy atom. The molecule has 0 radical (unpaired) electrons. The van der Waals surface area contributed by atoms with Crippen LogP contribution in [0.1, 0.15) is 50.2 Å². The summed E-state index contributed by atoms with van der Waals surface area (Å²) in [6.07, 6.45) is 5.07. The minimum Gasteiger partial charge on any atom is -0.497 e. The van der Waals surface area contributed by atoms with Crippen molar-refractivity contribution in [3.8, 4) is 5.75 Å². The van der Waals surface area contributed by atoms with Crippen molar-refractivity contribution in [1.82, 2.24) is 10.2 Å². The number of amides is 2. The van der Waals surface area contributed by atoms with E-state index in [-0.39, 0.29) is 23.4 Å². The Bertz CT molecular complexity index is 1470. The van der Waals surface area contributed by atoms with Gasteiger partial charge in [-0.25, -0.2) is 8.42 Å². The quantitative estimate of drug-likeness (QED) is 0.299. The summed E-state index contributed by atoms with van der Waals surface area (Å²) >= 11 is 6.02. The molecule has 3 aromatic carbocycles. The summed E-state index contributed by atoms with van der Waals surface area (Å²) in [5, 5.41) is 3.51. The van der Waals surface area contributed by atoms with Crippen LogP contribution in [0.4, 0.5) is 5.69 Å². The number of sulfonamides is 1. The zero-order chi connectivity index (χ0) is 30.3. The molecule has 0 aliphatic heterocycles. The fourth-order valence-electron chi connectivity index (χ4n) is 5.09. The number of nitrogens with one attached hydrogen (secondary N) is 1. The lowest BCUT2D eigenvalue weighted by atomic mass is 9.95. The number of hydrogen-bond donors (Lipinski definition) is 1. The molecule has 1 N–H and O–H groups in total. The van der Waals surface area contributed by atoms with Gasteiger partial charge in [-0.1, -0.05) is 60.7 Å². The van der Waals surface area contributed by atoms with Crippen LogP contribution in [0.25, 0.3) is 0 Å². The first-order valence-corrected chi connectivity index (χ1v) is 16.0. The molecule has 0 heterocycles. The molecule has 10 heteroatoms. The van der Waals surface area contributed by atoms with Crippen molar-refractivity contribution in [3.05, 3.63) is 88.9 Å². The number of ether oxygens (including phenoxy) is 1. The van der Waals surface area contributed by atoms with Gasteiger partial charge in [-0.05, 0) is 80.8 Å². The second kappa shape index (κ2) is 14.1. The lowest BCUT2D eigenvalue weighted by molar-refractivity contribution is -0.139. The standard InChI is InChI=1S/C32H38ClN3O5S/c1-23-12-16-28(17-13-23)36(42(39,40)30-18-14-26(33)15-19-30)22-31(37)35(21-25-8-7-11-29(20-25)41-3)24(2)32(38)34-27-9-5-4-6-10-27/h7-8,11-20,24,27H,4-6,9-10,21-22H2,1-3H3,(H,34,38). The Kier molecular flexibility index (Phi) is 10.5. The number of aryl methyl sites for hydroxylation is 1. The molecule has 2 amide bonds. The molecule has 0 spiro atoms. The molecule has 1 atom stereocenters. The van der Waals surface area contributed by atoms with Gasteiger partial charge in [0.1, 0.15) is 18.3 Å². The first-order valence-electron chi connectivity index (χ1n) is 14.2. The van der Waals surface area contributed by atoms with E-state index in [1.165, 1.54) is 29.2 Å². The number of benzene rings is 3. The highest BCUT2D eigenvalue weighted by Gasteiger charge is 2.33. The maximum absolute atomic E-state index is 14.1. The maximum Gasteiger partial charge on any atom is 0.264 e. The van der Waals surface area contributed by atoms with Crippen molar-refractivity contribution in [2.24, 2.45) is 0 Å². The Labute approximate surface area is 253 Å². The van der Waals surface area contributed by atoms with E-state index in [4.69, 9.17) is 16.3 Å². The molecule has 0 saturated heterocycles. The van der Waals surface area contributed by atoms with Crippen molar-refractivity contribution >= 4 is 39.1 Å². The molecule has 1 aliphatic carbocycles. The van der Waals surface area contributed by atoms with E-state index in [9.17, 15) is 18.0 Å². The summed E-state index contributed by atoms with van der Waals surface area (Å²) in [5.74, 6) is -0.159. The van der Waals surface area contributed by atoms with Crippen LogP contribution in [0.5, 0.6) is 5.75 Å². The van der Waals surface area contributed by atoms with Gasteiger partial charge in [-0.3, -0.25) is 13.9 Å². The zero-order valence-corrected chi connectivity index (χ0v) is 25.8. The summed E-state index contributed by atoms with van der Waals surface area (Å²) in [5.41, 5.74) is 2.04. The van der Waals surface area contributed by atoms with E-state index in [0.717, 1.165) is 47.5 Å². The minimum atomic E-state index is -4.16. The minimum absolute atomic E-state index is 0.00251. The summed E-state index contributed by atoms with van der Waals surface area (Å²) in [6.45, 7) is 3.17. The predicted molar refractivity (Wildman–Crippen MR) is 165 cm³/mol. The van der Waals surface area contributed by atoms with E-state index in [1.807, 2.05) is 19.1 Å². The zero-order valence-electron chi connectivity index (χ0n) is 24.3. The largest absolute Gasteiger partial charge is 0.497 e. The van der Waals surface area contributed by atoms with E-state index in [1.54, 1.807) is 50.4 Å². The normalized spacial score (nSPS) is 14.6. The number of halogens is 1. The molecular weight excluding hydrogens is 574 g/mol. The highest BCUT2D eigenvalue weighted by Crippen LogP contribution is 2.26. The lowest BCUT2D eigenvalue weighted by Gasteiger charge is -2.33. The van der Waals surface area contributed by atoms with Gasteiger partial charge >= 0.3 is 0 Å². The van der Waals surface area contributed by atoms with Crippen LogP contribution in [0.3, 0.4) is 0 Å². The van der Waals surface area contributed by atoms with Crippen molar-refractivity contribution in [2.45, 2.75) is 69.5 Å². The number of rotatable bonds is 11. The van der Waals surface area contributed by atoms with Gasteiger partial charge in [0.2, 0.25) is 11.8 Å². The molecule has 42 heavy (non-hydrogen) atoms. The Morgan fingerprint density at radius 1 is 1.00 bits per heavy atom. The van der Waals surface area contributed by atoms with Crippen LogP contribution in [-0.4, -0.2) is 50.9 Å². The van der Waals surface area contributed by atoms with Crippen LogP contribution >= 0.6 is 11.6 Å². The monoisotopic (exact) mass is 611 g/mol. The van der Waals surface area contributed by atoms with Gasteiger partial charge in [0.05, 0.1) is 17.7 Å². The van der Waals surface area contributed by atoms with Crippen molar-refractivity contribution in [3.63, 3.8) is 0 Å². The molecule has 1 fully saturated rings. The van der Waals surface area contributed by atoms with Crippen LogP contribution in [0.2, 0.25) is 5.02 Å². The average Bonchev–Trinajstić information content (AvgIpc) is 2.99. The van der Waals surface area contributed by atoms with Gasteiger partial charge in [0.15, 0.2) is 0 Å². The van der Waals surface area contributed by atoms with Gasteiger partial charge in [0, 0.05) is 17.6 Å². The third-order valence-electron chi connectivity index (χ3n) is 7.61. The summed E-state index contributed by atoms with van der Waals surface area (Å²) < 4.78 is 34.3. The SMILES string of the molecule is COc1cccc(CN(C(=O)CN(c2ccc(C)cc2)S(=O)(=O)c2ccc(Cl)cc2)C(C)C(=O)NC2CCCCC2)c1. The summed E-state index contributed by atoms with van der Waals surface area (Å²) in [6, 6.07) is 19.2. The number of methoxy groups -OCH3 is 1. The molecule has 0 bridgehead atoms. The molecule has 0 aromatic heterocycles. The second-order valence-electron chi connectivity index (χ2n) is 10.7. The first-order chi connectivity index (χ1) is 20.1. The topological polar surface area (TPSA) is 96.0 Å². The molecule has 4 rings (SSSR count). The Balaban J connectivity index is 1.68. The number of anilines is 1. The molecular formula is C32H38ClN3O5S. The van der Waals surface area contributed by atoms with Gasteiger partial charge < -0.3 is 15.0 Å². The van der Waals surface area contributed by atoms with Gasteiger partial charge in [0.25, 0.3) is 10.0 Å². The highest BCUT2D eigenvalue weighted by atomic mass is 35.5. The molecule has 1 saturated carbocycles. The Morgan fingerprint density at radius 3 is 2.31 bits per heavy atom. The number of hydrogen-bond acceptors (Lipinski definition) is 5. The average molecular weight is 612 g/mol. The lowest BCUT2D eigenvalue weighted by Crippen LogP contribution is -2.53. The van der Waals surface area contributed by atoms with E-state index < -0.39 is 28.5 Å². The third-order valence-corrected chi connectivity index (χ3v) is 9.65. The van der Waals surface area contributed by atoms with Crippen molar-refractivity contribution in [2.75, 3.05) is 18.0 Å². The van der Waals surface area contributed by atoms with Gasteiger partial charge in [-0.15, -0.1) is 0 Å². The fourth-order valence-corrected chi connectivity index (χ4v) is 6.63. The summed E-state index contributed by atoms with van der Waals surface area (Å²) in [7, 11) is -2.60. The molecule has 1 unspecified atom stereocenters. The Hall–Kier alpha value is -3.56. The van der Waals surface area contributed by atoms with Crippen LogP contribution < -0.4 is 14.4 Å². The van der Waals surface area contributed by atoms with Crippen LogP contribution in [-0.2, 0) is 26.2 Å². The molecule has 8 nitrogen and oxygen atoms in total. The number of carbonyl (C=O) groups excluding carboxylic acids is 2. The molecule has 3 aromatic rings. The number of nitrogens with zero attached hydrogens (tertiary/aromatic N) is 2. The van der Waals surface area contributed by atoms with E-state index in [0.29, 0.717) is 16.5 Å². The van der Waals surface area contributed by atoms with Crippen LogP contribution in [0.15, 0.2) is 77.7 Å². The maximum atomic E-state index is 14.1. The molecule has 224 valence electrons. The molecule has 1 aliphatic rings. The second-order valence-corrected chi connectivity index (χ2v) is 13.0. The highest BCUT2D eigenvalue weighted by molar-refractivity contribution is 7.92. The smallest absolute Gasteiger partial charge is 0.264 e. The fraction of sp³-hybridized carbons (Fsp3) is 0.375. The van der Waals surface area contributed by atoms with E-state index >= 15 is 0 Å². The number of carbonyl (C=O) groups is 2.